The van der Waals surface area contributed by atoms with Gasteiger partial charge in [-0.2, -0.15) is 5.10 Å². The number of hydrogen-bond acceptors (Lipinski definition) is 6. The average Bonchev–Trinajstić information content (AvgIpc) is 3.36. The normalized spacial score (nSPS) is 15.6. The van der Waals surface area contributed by atoms with E-state index in [2.05, 4.69) is 10.1 Å². The summed E-state index contributed by atoms with van der Waals surface area (Å²) >= 11 is 6.23. The van der Waals surface area contributed by atoms with Crippen molar-refractivity contribution in [3.05, 3.63) is 77.1 Å². The van der Waals surface area contributed by atoms with Crippen LogP contribution >= 0.6 is 11.6 Å². The molecule has 0 saturated carbocycles. The van der Waals surface area contributed by atoms with E-state index in [0.29, 0.717) is 53.1 Å². The maximum Gasteiger partial charge on any atom is 0.274 e. The first-order valence-electron chi connectivity index (χ1n) is 11.8. The molecule has 2 aromatic carbocycles. The second-order valence-corrected chi connectivity index (χ2v) is 9.19. The molecule has 2 aromatic heterocycles. The lowest BCUT2D eigenvalue weighted by atomic mass is 10.1. The quantitative estimate of drug-likeness (QED) is 0.395. The maximum atomic E-state index is 13.4. The summed E-state index contributed by atoms with van der Waals surface area (Å²) in [5, 5.41) is 5.01. The largest absolute Gasteiger partial charge is 0.493 e. The molecule has 0 unspecified atom stereocenters. The predicted octanol–water partition coefficient (Wildman–Crippen LogP) is 4.05. The minimum Gasteiger partial charge on any atom is -0.493 e. The van der Waals surface area contributed by atoms with Gasteiger partial charge in [0.1, 0.15) is 0 Å². The van der Waals surface area contributed by atoms with Crippen molar-refractivity contribution in [1.82, 2.24) is 24.4 Å². The van der Waals surface area contributed by atoms with E-state index in [1.807, 2.05) is 31.2 Å². The Balaban J connectivity index is 1.37. The van der Waals surface area contributed by atoms with Crippen LogP contribution in [0.3, 0.4) is 0 Å². The molecule has 5 rings (SSSR count). The van der Waals surface area contributed by atoms with Crippen molar-refractivity contribution in [3.63, 3.8) is 0 Å². The van der Waals surface area contributed by atoms with Crippen molar-refractivity contribution in [2.24, 2.45) is 0 Å². The van der Waals surface area contributed by atoms with Gasteiger partial charge in [0, 0.05) is 43.5 Å². The topological polar surface area (TPSA) is 89.3 Å². The molecule has 10 heteroatoms. The molecule has 37 heavy (non-hydrogen) atoms. The summed E-state index contributed by atoms with van der Waals surface area (Å²) in [6.07, 6.45) is 1.68. The Bertz CT molecular complexity index is 1490. The van der Waals surface area contributed by atoms with Crippen LogP contribution in [0.5, 0.6) is 11.5 Å². The van der Waals surface area contributed by atoms with Crippen LogP contribution in [0, 0.1) is 0 Å². The van der Waals surface area contributed by atoms with Gasteiger partial charge in [-0.3, -0.25) is 9.59 Å². The van der Waals surface area contributed by atoms with Crippen LogP contribution in [0.2, 0.25) is 5.02 Å². The second-order valence-electron chi connectivity index (χ2n) is 8.78. The van der Waals surface area contributed by atoms with Gasteiger partial charge in [-0.25, -0.2) is 9.50 Å². The van der Waals surface area contributed by atoms with Gasteiger partial charge in [-0.05, 0) is 43.3 Å². The Labute approximate surface area is 219 Å². The molecule has 0 spiro atoms. The fourth-order valence-electron chi connectivity index (χ4n) is 4.61. The number of piperazine rings is 1. The zero-order valence-electron chi connectivity index (χ0n) is 20.7. The van der Waals surface area contributed by atoms with E-state index in [0.717, 1.165) is 11.3 Å². The summed E-state index contributed by atoms with van der Waals surface area (Å²) in [5.74, 6) is 0.864. The van der Waals surface area contributed by atoms with Crippen molar-refractivity contribution >= 4 is 29.1 Å². The van der Waals surface area contributed by atoms with E-state index in [1.54, 1.807) is 65.1 Å². The van der Waals surface area contributed by atoms with E-state index in [-0.39, 0.29) is 17.9 Å². The zero-order chi connectivity index (χ0) is 26.1. The van der Waals surface area contributed by atoms with E-state index in [9.17, 15) is 9.59 Å². The Kier molecular flexibility index (Phi) is 6.71. The van der Waals surface area contributed by atoms with Crippen molar-refractivity contribution in [1.29, 1.82) is 0 Å². The molecule has 0 N–H and O–H groups in total. The SMILES string of the molecule is COc1ccc(-c2ccnc3cc(C(=O)N4CCN(C(=O)c5ccccc5Cl)[C@@H](C)C4)nn23)cc1OC. The second kappa shape index (κ2) is 10.1. The standard InChI is InChI=1S/C27H26ClN5O4/c1-17-16-31(12-13-32(17)26(34)19-6-4-5-7-20(19)28)27(35)21-15-25-29-11-10-22(33(25)30-21)18-8-9-23(36-2)24(14-18)37-3/h4-11,14-15,17H,12-13,16H2,1-3H3/t17-/m0/s1. The fourth-order valence-corrected chi connectivity index (χ4v) is 4.83. The number of nitrogens with zero attached hydrogens (tertiary/aromatic N) is 5. The molecule has 2 amide bonds. The number of rotatable bonds is 5. The molecule has 1 fully saturated rings. The Morgan fingerprint density at radius 3 is 2.49 bits per heavy atom. The van der Waals surface area contributed by atoms with E-state index >= 15 is 0 Å². The number of amides is 2. The Hall–Kier alpha value is -4.11. The number of carbonyl (C=O) groups excluding carboxylic acids is 2. The number of methoxy groups -OCH3 is 2. The van der Waals surface area contributed by atoms with E-state index in [1.165, 1.54) is 0 Å². The number of halogens is 1. The Morgan fingerprint density at radius 1 is 0.973 bits per heavy atom. The molecule has 1 aliphatic heterocycles. The van der Waals surface area contributed by atoms with E-state index in [4.69, 9.17) is 21.1 Å². The van der Waals surface area contributed by atoms with E-state index < -0.39 is 0 Å². The molecule has 0 aliphatic carbocycles. The average molecular weight is 520 g/mol. The molecular formula is C27H26ClN5O4. The molecule has 190 valence electrons. The van der Waals surface area contributed by atoms with Gasteiger partial charge in [0.15, 0.2) is 22.8 Å². The van der Waals surface area contributed by atoms with Crippen LogP contribution in [0.25, 0.3) is 16.9 Å². The molecule has 4 aromatic rings. The zero-order valence-corrected chi connectivity index (χ0v) is 21.5. The first-order valence-corrected chi connectivity index (χ1v) is 12.2. The maximum absolute atomic E-state index is 13.4. The third-order valence-electron chi connectivity index (χ3n) is 6.54. The number of aromatic nitrogens is 3. The number of benzene rings is 2. The lowest BCUT2D eigenvalue weighted by Gasteiger charge is -2.39. The summed E-state index contributed by atoms with van der Waals surface area (Å²) in [6.45, 7) is 3.11. The van der Waals surface area contributed by atoms with Gasteiger partial charge >= 0.3 is 0 Å². The Morgan fingerprint density at radius 2 is 1.76 bits per heavy atom. The lowest BCUT2D eigenvalue weighted by molar-refractivity contribution is 0.0411. The monoisotopic (exact) mass is 519 g/mol. The van der Waals surface area contributed by atoms with Gasteiger partial charge in [-0.1, -0.05) is 23.7 Å². The first-order chi connectivity index (χ1) is 17.9. The van der Waals surface area contributed by atoms with Gasteiger partial charge in [0.25, 0.3) is 11.8 Å². The van der Waals surface area contributed by atoms with Crippen LogP contribution in [0.1, 0.15) is 27.8 Å². The van der Waals surface area contributed by atoms with Crippen molar-refractivity contribution in [3.8, 4) is 22.8 Å². The van der Waals surface area contributed by atoms with Crippen LogP contribution < -0.4 is 9.47 Å². The third-order valence-corrected chi connectivity index (χ3v) is 6.87. The van der Waals surface area contributed by atoms with Gasteiger partial charge in [0.2, 0.25) is 0 Å². The van der Waals surface area contributed by atoms with Gasteiger partial charge in [-0.15, -0.1) is 0 Å². The van der Waals surface area contributed by atoms with Crippen LogP contribution in [-0.4, -0.2) is 76.1 Å². The predicted molar refractivity (Wildman–Crippen MR) is 139 cm³/mol. The highest BCUT2D eigenvalue weighted by Crippen LogP contribution is 2.32. The van der Waals surface area contributed by atoms with Crippen LogP contribution in [0.15, 0.2) is 60.8 Å². The molecular weight excluding hydrogens is 494 g/mol. The molecule has 3 heterocycles. The highest BCUT2D eigenvalue weighted by molar-refractivity contribution is 6.33. The fraction of sp³-hybridized carbons (Fsp3) is 0.259. The number of fused-ring (bicyclic) bond motifs is 1. The minimum absolute atomic E-state index is 0.137. The van der Waals surface area contributed by atoms with Gasteiger partial charge < -0.3 is 19.3 Å². The summed E-state index contributed by atoms with van der Waals surface area (Å²) in [6, 6.07) is 15.9. The van der Waals surface area contributed by atoms with Crippen molar-refractivity contribution in [2.75, 3.05) is 33.9 Å². The summed E-state index contributed by atoms with van der Waals surface area (Å²) < 4.78 is 12.4. The van der Waals surface area contributed by atoms with Crippen LogP contribution in [-0.2, 0) is 0 Å². The molecule has 1 saturated heterocycles. The van der Waals surface area contributed by atoms with Crippen molar-refractivity contribution < 1.29 is 19.1 Å². The van der Waals surface area contributed by atoms with Gasteiger partial charge in [0.05, 0.1) is 30.5 Å². The lowest BCUT2D eigenvalue weighted by Crippen LogP contribution is -2.55. The van der Waals surface area contributed by atoms with Crippen molar-refractivity contribution in [2.45, 2.75) is 13.0 Å². The minimum atomic E-state index is -0.208. The highest BCUT2D eigenvalue weighted by atomic mass is 35.5. The summed E-state index contributed by atoms with van der Waals surface area (Å²) in [4.78, 5) is 34.3. The molecule has 1 atom stereocenters. The first kappa shape index (κ1) is 24.6. The highest BCUT2D eigenvalue weighted by Gasteiger charge is 2.32. The smallest absolute Gasteiger partial charge is 0.274 e. The third kappa shape index (κ3) is 4.58. The summed E-state index contributed by atoms with van der Waals surface area (Å²) in [7, 11) is 3.16. The number of carbonyl (C=O) groups is 2. The number of hydrogen-bond donors (Lipinski definition) is 0. The molecule has 9 nitrogen and oxygen atoms in total. The molecule has 1 aliphatic rings. The number of ether oxygens (including phenoxy) is 2. The summed E-state index contributed by atoms with van der Waals surface area (Å²) in [5.41, 5.74) is 2.90. The van der Waals surface area contributed by atoms with Crippen LogP contribution in [0.4, 0.5) is 0 Å². The molecule has 0 radical (unpaired) electrons. The molecule has 0 bridgehead atoms.